The maximum atomic E-state index is 2.25. The minimum atomic E-state index is 1.36. The Morgan fingerprint density at radius 2 is 1.87 bits per heavy atom. The van der Waals surface area contributed by atoms with Crippen LogP contribution in [0.5, 0.6) is 0 Å². The SMILES string of the molecule is c1csc(Sc2csc3ccccc23)c1. The summed E-state index contributed by atoms with van der Waals surface area (Å²) in [5.74, 6) is 0. The summed E-state index contributed by atoms with van der Waals surface area (Å²) in [7, 11) is 0. The molecule has 3 heteroatoms. The summed E-state index contributed by atoms with van der Waals surface area (Å²) in [4.78, 5) is 1.37. The first-order valence-corrected chi connectivity index (χ1v) is 7.19. The van der Waals surface area contributed by atoms with Crippen LogP contribution in [0.3, 0.4) is 0 Å². The second-order valence-corrected chi connectivity index (χ2v) is 6.33. The third-order valence-electron chi connectivity index (χ3n) is 2.15. The maximum Gasteiger partial charge on any atom is 0.0646 e. The van der Waals surface area contributed by atoms with Gasteiger partial charge in [-0.2, -0.15) is 0 Å². The normalized spacial score (nSPS) is 10.9. The van der Waals surface area contributed by atoms with E-state index in [-0.39, 0.29) is 0 Å². The Balaban J connectivity index is 2.05. The Bertz CT molecular complexity index is 563. The second kappa shape index (κ2) is 4.00. The molecule has 0 amide bonds. The van der Waals surface area contributed by atoms with Crippen molar-refractivity contribution in [3.05, 3.63) is 47.2 Å². The van der Waals surface area contributed by atoms with E-state index >= 15 is 0 Å². The van der Waals surface area contributed by atoms with Gasteiger partial charge in [0.15, 0.2) is 0 Å². The van der Waals surface area contributed by atoms with Crippen molar-refractivity contribution in [1.82, 2.24) is 0 Å². The van der Waals surface area contributed by atoms with Gasteiger partial charge in [-0.05, 0) is 17.5 Å². The van der Waals surface area contributed by atoms with Crippen LogP contribution in [0, 0.1) is 0 Å². The molecule has 0 saturated carbocycles. The van der Waals surface area contributed by atoms with E-state index in [2.05, 4.69) is 47.2 Å². The molecule has 3 aromatic rings. The van der Waals surface area contributed by atoms with Gasteiger partial charge in [0.1, 0.15) is 0 Å². The molecule has 2 aromatic heterocycles. The van der Waals surface area contributed by atoms with E-state index in [9.17, 15) is 0 Å². The molecule has 0 fully saturated rings. The van der Waals surface area contributed by atoms with Crippen molar-refractivity contribution in [2.45, 2.75) is 9.10 Å². The fraction of sp³-hybridized carbons (Fsp3) is 0. The highest BCUT2D eigenvalue weighted by Gasteiger charge is 2.05. The van der Waals surface area contributed by atoms with E-state index < -0.39 is 0 Å². The summed E-state index contributed by atoms with van der Waals surface area (Å²) in [6, 6.07) is 12.8. The Morgan fingerprint density at radius 3 is 2.73 bits per heavy atom. The molecule has 0 nitrogen and oxygen atoms in total. The Morgan fingerprint density at radius 1 is 0.933 bits per heavy atom. The number of hydrogen-bond donors (Lipinski definition) is 0. The molecule has 2 heterocycles. The smallest absolute Gasteiger partial charge is 0.0646 e. The van der Waals surface area contributed by atoms with Crippen LogP contribution >= 0.6 is 34.4 Å². The molecule has 0 aliphatic rings. The van der Waals surface area contributed by atoms with Gasteiger partial charge < -0.3 is 0 Å². The molecule has 0 aliphatic heterocycles. The number of thiophene rings is 2. The van der Waals surface area contributed by atoms with E-state index in [1.54, 1.807) is 11.3 Å². The van der Waals surface area contributed by atoms with Gasteiger partial charge in [-0.3, -0.25) is 0 Å². The summed E-state index contributed by atoms with van der Waals surface area (Å²) in [5, 5.41) is 5.74. The highest BCUT2D eigenvalue weighted by atomic mass is 32.2. The van der Waals surface area contributed by atoms with Crippen LogP contribution in [0.25, 0.3) is 10.1 Å². The van der Waals surface area contributed by atoms with E-state index in [1.807, 2.05) is 23.1 Å². The van der Waals surface area contributed by atoms with Crippen molar-refractivity contribution >= 4 is 44.5 Å². The predicted octanol–water partition coefficient (Wildman–Crippen LogP) is 5.11. The van der Waals surface area contributed by atoms with Crippen LogP contribution < -0.4 is 0 Å². The first-order valence-electron chi connectivity index (χ1n) is 4.61. The minimum absolute atomic E-state index is 1.36. The average molecular weight is 248 g/mol. The maximum absolute atomic E-state index is 2.25. The molecule has 0 saturated heterocycles. The van der Waals surface area contributed by atoms with Crippen LogP contribution in [-0.2, 0) is 0 Å². The summed E-state index contributed by atoms with van der Waals surface area (Å²) < 4.78 is 2.73. The van der Waals surface area contributed by atoms with Gasteiger partial charge in [-0.15, -0.1) is 22.7 Å². The van der Waals surface area contributed by atoms with E-state index in [4.69, 9.17) is 0 Å². The van der Waals surface area contributed by atoms with Gasteiger partial charge in [0, 0.05) is 20.4 Å². The Kier molecular flexibility index (Phi) is 2.52. The van der Waals surface area contributed by atoms with Crippen molar-refractivity contribution in [3.63, 3.8) is 0 Å². The molecule has 0 unspecified atom stereocenters. The van der Waals surface area contributed by atoms with E-state index in [1.165, 1.54) is 19.2 Å². The Labute approximate surface area is 101 Å². The predicted molar refractivity (Wildman–Crippen MR) is 70.3 cm³/mol. The van der Waals surface area contributed by atoms with Gasteiger partial charge in [-0.1, -0.05) is 36.0 Å². The van der Waals surface area contributed by atoms with Gasteiger partial charge >= 0.3 is 0 Å². The van der Waals surface area contributed by atoms with E-state index in [0.717, 1.165) is 0 Å². The summed E-state index contributed by atoms with van der Waals surface area (Å²) in [5.41, 5.74) is 0. The first kappa shape index (κ1) is 9.46. The highest BCUT2D eigenvalue weighted by molar-refractivity contribution is 8.01. The molecular formula is C12H8S3. The molecule has 0 N–H and O–H groups in total. The zero-order chi connectivity index (χ0) is 10.1. The number of hydrogen-bond acceptors (Lipinski definition) is 3. The lowest BCUT2D eigenvalue weighted by atomic mass is 10.3. The van der Waals surface area contributed by atoms with Crippen molar-refractivity contribution in [2.75, 3.05) is 0 Å². The average Bonchev–Trinajstić information content (AvgIpc) is 2.89. The monoisotopic (exact) mass is 248 g/mol. The Hall–Kier alpha value is -0.770. The number of fused-ring (bicyclic) bond motifs is 1. The lowest BCUT2D eigenvalue weighted by Crippen LogP contribution is -1.65. The summed E-state index contributed by atoms with van der Waals surface area (Å²) in [6.07, 6.45) is 0. The molecule has 0 aliphatic carbocycles. The van der Waals surface area contributed by atoms with Gasteiger partial charge in [0.05, 0.1) is 4.21 Å². The van der Waals surface area contributed by atoms with Crippen LogP contribution in [0.1, 0.15) is 0 Å². The molecule has 0 radical (unpaired) electrons. The van der Waals surface area contributed by atoms with Crippen LogP contribution in [-0.4, -0.2) is 0 Å². The topological polar surface area (TPSA) is 0 Å². The molecule has 0 spiro atoms. The fourth-order valence-corrected chi connectivity index (χ4v) is 4.42. The molecule has 74 valence electrons. The number of benzene rings is 1. The van der Waals surface area contributed by atoms with Gasteiger partial charge in [0.2, 0.25) is 0 Å². The largest absolute Gasteiger partial charge is 0.143 e. The summed E-state index contributed by atoms with van der Waals surface area (Å²) in [6.45, 7) is 0. The lowest BCUT2D eigenvalue weighted by Gasteiger charge is -1.95. The molecule has 1 aromatic carbocycles. The third kappa shape index (κ3) is 1.83. The molecule has 0 atom stereocenters. The molecule has 3 rings (SSSR count). The van der Waals surface area contributed by atoms with Crippen molar-refractivity contribution in [2.24, 2.45) is 0 Å². The van der Waals surface area contributed by atoms with Crippen molar-refractivity contribution < 1.29 is 0 Å². The minimum Gasteiger partial charge on any atom is -0.143 e. The number of rotatable bonds is 2. The van der Waals surface area contributed by atoms with Crippen LogP contribution in [0.4, 0.5) is 0 Å². The van der Waals surface area contributed by atoms with Gasteiger partial charge in [0.25, 0.3) is 0 Å². The second-order valence-electron chi connectivity index (χ2n) is 3.13. The molecule has 15 heavy (non-hydrogen) atoms. The van der Waals surface area contributed by atoms with Crippen LogP contribution in [0.2, 0.25) is 0 Å². The lowest BCUT2D eigenvalue weighted by molar-refractivity contribution is 1.62. The van der Waals surface area contributed by atoms with Crippen molar-refractivity contribution in [3.8, 4) is 0 Å². The molecule has 0 bridgehead atoms. The standard InChI is InChI=1S/C12H8S3/c1-2-5-10-9(4-1)11(8-14-10)15-12-6-3-7-13-12/h1-8H. The van der Waals surface area contributed by atoms with Crippen molar-refractivity contribution in [1.29, 1.82) is 0 Å². The van der Waals surface area contributed by atoms with E-state index in [0.29, 0.717) is 0 Å². The fourth-order valence-electron chi connectivity index (χ4n) is 1.46. The van der Waals surface area contributed by atoms with Gasteiger partial charge in [-0.25, -0.2) is 0 Å². The third-order valence-corrected chi connectivity index (χ3v) is 5.36. The quantitative estimate of drug-likeness (QED) is 0.607. The highest BCUT2D eigenvalue weighted by Crippen LogP contribution is 2.38. The first-order chi connectivity index (χ1) is 7.43. The molecular weight excluding hydrogens is 240 g/mol. The summed E-state index contributed by atoms with van der Waals surface area (Å²) >= 11 is 5.48. The zero-order valence-electron chi connectivity index (χ0n) is 7.84. The zero-order valence-corrected chi connectivity index (χ0v) is 10.3. The van der Waals surface area contributed by atoms with Crippen LogP contribution in [0.15, 0.2) is 56.3 Å².